The lowest BCUT2D eigenvalue weighted by atomic mass is 9.97. The summed E-state index contributed by atoms with van der Waals surface area (Å²) in [5, 5.41) is 23.3. The fourth-order valence-corrected chi connectivity index (χ4v) is 1.07. The second-order valence-corrected chi connectivity index (χ2v) is 5.66. The minimum absolute atomic E-state index is 0.0269. The van der Waals surface area contributed by atoms with Gasteiger partial charge in [0.2, 0.25) is 0 Å². The maximum atomic E-state index is 11.3. The molecule has 0 radical (unpaired) electrons. The Morgan fingerprint density at radius 1 is 1.06 bits per heavy atom. The standard InChI is InChI=1S/C11H22N2O4/c1-10(2,3)6-12-9(16)13-7-11(4,17)5-8(14)15/h17H,5-7H2,1-4H3,(H,14,15)(H2,12,13,16). The van der Waals surface area contributed by atoms with Crippen molar-refractivity contribution in [2.75, 3.05) is 13.1 Å². The number of carboxylic acid groups (broad SMARTS) is 1. The van der Waals surface area contributed by atoms with Gasteiger partial charge < -0.3 is 20.8 Å². The zero-order valence-corrected chi connectivity index (χ0v) is 10.8. The van der Waals surface area contributed by atoms with Gasteiger partial charge in [0, 0.05) is 13.1 Å². The van der Waals surface area contributed by atoms with Gasteiger partial charge in [-0.2, -0.15) is 0 Å². The Labute approximate surface area is 101 Å². The number of urea groups is 1. The van der Waals surface area contributed by atoms with E-state index in [0.717, 1.165) is 0 Å². The van der Waals surface area contributed by atoms with E-state index in [-0.39, 0.29) is 12.0 Å². The predicted molar refractivity (Wildman–Crippen MR) is 63.7 cm³/mol. The number of aliphatic carboxylic acids is 1. The van der Waals surface area contributed by atoms with Gasteiger partial charge in [-0.1, -0.05) is 20.8 Å². The Bertz CT molecular complexity index is 282. The van der Waals surface area contributed by atoms with E-state index in [1.165, 1.54) is 6.92 Å². The van der Waals surface area contributed by atoms with Crippen LogP contribution in [-0.4, -0.2) is 40.9 Å². The van der Waals surface area contributed by atoms with Gasteiger partial charge in [0.15, 0.2) is 0 Å². The van der Waals surface area contributed by atoms with Gasteiger partial charge in [-0.25, -0.2) is 4.79 Å². The van der Waals surface area contributed by atoms with Crippen molar-refractivity contribution < 1.29 is 19.8 Å². The summed E-state index contributed by atoms with van der Waals surface area (Å²) in [6, 6.07) is -0.411. The highest BCUT2D eigenvalue weighted by atomic mass is 16.4. The molecule has 0 aliphatic rings. The monoisotopic (exact) mass is 246 g/mol. The SMILES string of the molecule is CC(C)(C)CNC(=O)NCC(C)(O)CC(=O)O. The smallest absolute Gasteiger partial charge is 0.314 e. The number of amides is 2. The number of nitrogens with one attached hydrogen (secondary N) is 2. The Kier molecular flexibility index (Phi) is 5.41. The molecule has 0 saturated heterocycles. The summed E-state index contributed by atoms with van der Waals surface area (Å²) < 4.78 is 0. The van der Waals surface area contributed by atoms with Crippen LogP contribution in [0.4, 0.5) is 4.79 Å². The molecule has 0 fully saturated rings. The quantitative estimate of drug-likeness (QED) is 0.569. The van der Waals surface area contributed by atoms with E-state index >= 15 is 0 Å². The molecule has 1 unspecified atom stereocenters. The van der Waals surface area contributed by atoms with Gasteiger partial charge in [-0.3, -0.25) is 4.79 Å². The molecule has 100 valence electrons. The number of hydrogen-bond acceptors (Lipinski definition) is 3. The predicted octanol–water partition coefficient (Wildman–Crippen LogP) is 0.557. The van der Waals surface area contributed by atoms with Crippen LogP contribution in [0, 0.1) is 5.41 Å². The largest absolute Gasteiger partial charge is 0.481 e. The fourth-order valence-electron chi connectivity index (χ4n) is 1.07. The molecule has 2 amide bonds. The van der Waals surface area contributed by atoms with E-state index in [2.05, 4.69) is 10.6 Å². The van der Waals surface area contributed by atoms with Gasteiger partial charge in [0.25, 0.3) is 0 Å². The molecule has 1 atom stereocenters. The van der Waals surface area contributed by atoms with E-state index in [1.807, 2.05) is 20.8 Å². The molecule has 0 bridgehead atoms. The Morgan fingerprint density at radius 3 is 1.94 bits per heavy atom. The molecule has 17 heavy (non-hydrogen) atoms. The van der Waals surface area contributed by atoms with Gasteiger partial charge >= 0.3 is 12.0 Å². The minimum Gasteiger partial charge on any atom is -0.481 e. The van der Waals surface area contributed by atoms with Gasteiger partial charge in [0.05, 0.1) is 12.0 Å². The van der Waals surface area contributed by atoms with Crippen LogP contribution in [0.2, 0.25) is 0 Å². The Morgan fingerprint density at radius 2 is 1.53 bits per heavy atom. The summed E-state index contributed by atoms with van der Waals surface area (Å²) in [6.07, 6.45) is -0.410. The molecular weight excluding hydrogens is 224 g/mol. The third kappa shape index (κ3) is 9.62. The number of aliphatic hydroxyl groups is 1. The normalized spacial score (nSPS) is 14.9. The highest BCUT2D eigenvalue weighted by Gasteiger charge is 2.24. The molecular formula is C11H22N2O4. The van der Waals surface area contributed by atoms with Gasteiger partial charge in [-0.05, 0) is 12.3 Å². The van der Waals surface area contributed by atoms with Gasteiger partial charge in [-0.15, -0.1) is 0 Å². The molecule has 0 aromatic rings. The first-order valence-corrected chi connectivity index (χ1v) is 5.48. The van der Waals surface area contributed by atoms with Crippen LogP contribution >= 0.6 is 0 Å². The van der Waals surface area contributed by atoms with Crippen molar-refractivity contribution in [2.24, 2.45) is 5.41 Å². The summed E-state index contributed by atoms with van der Waals surface area (Å²) in [5.74, 6) is -1.10. The van der Waals surface area contributed by atoms with Crippen LogP contribution in [0.5, 0.6) is 0 Å². The molecule has 6 heteroatoms. The molecule has 0 aliphatic heterocycles. The molecule has 4 N–H and O–H groups in total. The van der Waals surface area contributed by atoms with E-state index in [0.29, 0.717) is 6.54 Å². The number of carbonyl (C=O) groups excluding carboxylic acids is 1. The van der Waals surface area contributed by atoms with Crippen molar-refractivity contribution in [3.63, 3.8) is 0 Å². The first-order valence-electron chi connectivity index (χ1n) is 5.48. The molecule has 0 aromatic carbocycles. The molecule has 0 spiro atoms. The lowest BCUT2D eigenvalue weighted by Crippen LogP contribution is -2.47. The summed E-state index contributed by atoms with van der Waals surface area (Å²) in [7, 11) is 0. The Hall–Kier alpha value is -1.30. The summed E-state index contributed by atoms with van der Waals surface area (Å²) >= 11 is 0. The van der Waals surface area contributed by atoms with E-state index in [9.17, 15) is 14.7 Å². The third-order valence-electron chi connectivity index (χ3n) is 1.94. The highest BCUT2D eigenvalue weighted by Crippen LogP contribution is 2.10. The summed E-state index contributed by atoms with van der Waals surface area (Å²) in [5.41, 5.74) is -1.47. The average molecular weight is 246 g/mol. The fraction of sp³-hybridized carbons (Fsp3) is 0.818. The van der Waals surface area contributed by atoms with Crippen molar-refractivity contribution >= 4 is 12.0 Å². The van der Waals surface area contributed by atoms with E-state index < -0.39 is 24.0 Å². The number of hydrogen-bond donors (Lipinski definition) is 4. The number of carbonyl (C=O) groups is 2. The van der Waals surface area contributed by atoms with Crippen LogP contribution < -0.4 is 10.6 Å². The molecule has 0 aliphatic carbocycles. The first kappa shape index (κ1) is 15.7. The van der Waals surface area contributed by atoms with E-state index in [1.54, 1.807) is 0 Å². The van der Waals surface area contributed by atoms with Crippen molar-refractivity contribution in [1.82, 2.24) is 10.6 Å². The summed E-state index contributed by atoms with van der Waals surface area (Å²) in [6.45, 7) is 7.70. The van der Waals surface area contributed by atoms with Crippen LogP contribution in [0.1, 0.15) is 34.1 Å². The lowest BCUT2D eigenvalue weighted by Gasteiger charge is -2.23. The number of rotatable bonds is 5. The zero-order valence-electron chi connectivity index (χ0n) is 10.8. The maximum Gasteiger partial charge on any atom is 0.314 e. The van der Waals surface area contributed by atoms with Crippen molar-refractivity contribution in [3.8, 4) is 0 Å². The number of carboxylic acids is 1. The maximum absolute atomic E-state index is 11.3. The Balaban J connectivity index is 3.95. The van der Waals surface area contributed by atoms with Crippen LogP contribution in [0.3, 0.4) is 0 Å². The second-order valence-electron chi connectivity index (χ2n) is 5.66. The topological polar surface area (TPSA) is 98.7 Å². The molecule has 0 saturated carbocycles. The molecule has 0 aromatic heterocycles. The van der Waals surface area contributed by atoms with Crippen molar-refractivity contribution in [2.45, 2.75) is 39.7 Å². The third-order valence-corrected chi connectivity index (χ3v) is 1.94. The second kappa shape index (κ2) is 5.86. The van der Waals surface area contributed by atoms with Crippen molar-refractivity contribution in [3.05, 3.63) is 0 Å². The van der Waals surface area contributed by atoms with Crippen molar-refractivity contribution in [1.29, 1.82) is 0 Å². The van der Waals surface area contributed by atoms with Crippen LogP contribution in [-0.2, 0) is 4.79 Å². The van der Waals surface area contributed by atoms with Crippen LogP contribution in [0.15, 0.2) is 0 Å². The van der Waals surface area contributed by atoms with E-state index in [4.69, 9.17) is 5.11 Å². The summed E-state index contributed by atoms with van der Waals surface area (Å²) in [4.78, 5) is 21.8. The van der Waals surface area contributed by atoms with Gasteiger partial charge in [0.1, 0.15) is 0 Å². The molecule has 6 nitrogen and oxygen atoms in total. The molecule has 0 rings (SSSR count). The molecule has 0 heterocycles. The lowest BCUT2D eigenvalue weighted by molar-refractivity contribution is -0.141. The average Bonchev–Trinajstić information content (AvgIpc) is 2.08. The highest BCUT2D eigenvalue weighted by molar-refractivity contribution is 5.74. The minimum atomic E-state index is -1.44. The zero-order chi connectivity index (χ0) is 13.7. The van der Waals surface area contributed by atoms with Crippen LogP contribution in [0.25, 0.3) is 0 Å². The first-order chi connectivity index (χ1) is 7.52.